The molecule has 0 heteroatoms. The van der Waals surface area contributed by atoms with E-state index in [9.17, 15) is 0 Å². The lowest BCUT2D eigenvalue weighted by molar-refractivity contribution is 0.622. The molecule has 2 aromatic rings. The van der Waals surface area contributed by atoms with Gasteiger partial charge < -0.3 is 0 Å². The number of hydrogen-bond donors (Lipinski definition) is 0. The first kappa shape index (κ1) is 20.8. The summed E-state index contributed by atoms with van der Waals surface area (Å²) in [5.74, 6) is 7.16. The van der Waals surface area contributed by atoms with Gasteiger partial charge in [0.1, 0.15) is 0 Å². The van der Waals surface area contributed by atoms with E-state index >= 15 is 0 Å². The largest absolute Gasteiger partial charge is 0.103 e. The Hall–Kier alpha value is -2.52. The highest BCUT2D eigenvalue weighted by Crippen LogP contribution is 2.11. The monoisotopic (exact) mass is 356 g/mol. The minimum Gasteiger partial charge on any atom is -0.103 e. The topological polar surface area (TPSA) is 0 Å². The molecule has 0 saturated carbocycles. The van der Waals surface area contributed by atoms with E-state index in [0.717, 1.165) is 31.2 Å². The highest BCUT2D eigenvalue weighted by Gasteiger charge is 1.98. The zero-order valence-electron chi connectivity index (χ0n) is 16.7. The van der Waals surface area contributed by atoms with Crippen molar-refractivity contribution in [2.75, 3.05) is 0 Å². The van der Waals surface area contributed by atoms with Gasteiger partial charge in [0.25, 0.3) is 0 Å². The van der Waals surface area contributed by atoms with Crippen LogP contribution in [0.3, 0.4) is 0 Å². The number of benzene rings is 2. The van der Waals surface area contributed by atoms with Gasteiger partial charge in [-0.2, -0.15) is 0 Å². The molecule has 0 fully saturated rings. The van der Waals surface area contributed by atoms with Gasteiger partial charge in [0.2, 0.25) is 0 Å². The highest BCUT2D eigenvalue weighted by molar-refractivity contribution is 5.51. The maximum absolute atomic E-state index is 3.76. The molecule has 140 valence electrons. The molecule has 2 aromatic carbocycles. The first-order chi connectivity index (χ1) is 13.3. The molecule has 1 unspecified atom stereocenters. The molecule has 2 rings (SSSR count). The zero-order valence-corrected chi connectivity index (χ0v) is 16.7. The summed E-state index contributed by atoms with van der Waals surface area (Å²) in [5.41, 5.74) is 3.77. The third kappa shape index (κ3) is 9.11. The smallest absolute Gasteiger partial charge is 0.0245 e. The van der Waals surface area contributed by atoms with Crippen molar-refractivity contribution in [3.63, 3.8) is 0 Å². The van der Waals surface area contributed by atoms with Gasteiger partial charge in [0.15, 0.2) is 0 Å². The number of rotatable bonds is 10. The summed E-state index contributed by atoms with van der Waals surface area (Å²) in [6, 6.07) is 19.3. The minimum absolute atomic E-state index is 0.434. The van der Waals surface area contributed by atoms with E-state index < -0.39 is 0 Å². The second kappa shape index (κ2) is 12.8. The Balaban J connectivity index is 1.72. The maximum Gasteiger partial charge on any atom is 0.0245 e. The minimum atomic E-state index is 0.434. The molecular formula is C27H32. The van der Waals surface area contributed by atoms with Crippen LogP contribution in [0.5, 0.6) is 0 Å². The summed E-state index contributed by atoms with van der Waals surface area (Å²) < 4.78 is 0. The van der Waals surface area contributed by atoms with Crippen LogP contribution in [-0.2, 0) is 6.42 Å². The third-order valence-electron chi connectivity index (χ3n) is 4.66. The van der Waals surface area contributed by atoms with Crippen molar-refractivity contribution in [3.05, 3.63) is 90.0 Å². The first-order valence-electron chi connectivity index (χ1n) is 10.2. The molecular weight excluding hydrogens is 324 g/mol. The second-order valence-electron chi connectivity index (χ2n) is 7.15. The van der Waals surface area contributed by atoms with Crippen LogP contribution in [0.1, 0.15) is 62.1 Å². The normalized spacial score (nSPS) is 11.7. The van der Waals surface area contributed by atoms with Crippen molar-refractivity contribution in [2.24, 2.45) is 5.92 Å². The van der Waals surface area contributed by atoms with E-state index in [1.54, 1.807) is 0 Å². The van der Waals surface area contributed by atoms with Crippen molar-refractivity contribution in [3.8, 4) is 11.8 Å². The molecule has 0 radical (unpaired) electrons. The zero-order chi connectivity index (χ0) is 19.2. The standard InChI is InChI=1S/C27H32/c1-3-4-5-6-7-9-16-26-20-22-27(23-21-26)19-18-24(2)13-12-17-25-14-10-8-11-15-25/h3,8-11,14-16,20-24H,1,4-7,12-13,17H2,2H3. The van der Waals surface area contributed by atoms with Crippen LogP contribution in [0.2, 0.25) is 0 Å². The van der Waals surface area contributed by atoms with Crippen molar-refractivity contribution in [1.82, 2.24) is 0 Å². The Morgan fingerprint density at radius 2 is 1.67 bits per heavy atom. The Kier molecular flexibility index (Phi) is 9.83. The van der Waals surface area contributed by atoms with Crippen LogP contribution in [0.25, 0.3) is 6.08 Å². The summed E-state index contributed by atoms with van der Waals surface area (Å²) in [6.07, 6.45) is 14.7. The van der Waals surface area contributed by atoms with E-state index in [4.69, 9.17) is 0 Å². The Morgan fingerprint density at radius 1 is 0.926 bits per heavy atom. The Labute approximate surface area is 166 Å². The SMILES string of the molecule is C=CCCCCC=Cc1ccc(C#CC(C)CCCc2ccccc2)cc1. The molecule has 0 saturated heterocycles. The van der Waals surface area contributed by atoms with Gasteiger partial charge >= 0.3 is 0 Å². The molecule has 0 aliphatic rings. The lowest BCUT2D eigenvalue weighted by Gasteiger charge is -2.04. The van der Waals surface area contributed by atoms with Gasteiger partial charge in [0.05, 0.1) is 0 Å². The number of hydrogen-bond acceptors (Lipinski definition) is 0. The van der Waals surface area contributed by atoms with Crippen molar-refractivity contribution >= 4 is 6.08 Å². The molecule has 0 heterocycles. The molecule has 0 spiro atoms. The van der Waals surface area contributed by atoms with Crippen molar-refractivity contribution < 1.29 is 0 Å². The van der Waals surface area contributed by atoms with Gasteiger partial charge in [-0.1, -0.05) is 79.5 Å². The molecule has 0 bridgehead atoms. The maximum atomic E-state index is 3.76. The number of unbranched alkanes of at least 4 members (excludes halogenated alkanes) is 3. The first-order valence-corrected chi connectivity index (χ1v) is 10.2. The molecule has 0 N–H and O–H groups in total. The lowest BCUT2D eigenvalue weighted by atomic mass is 10.0. The Bertz CT molecular complexity index is 738. The summed E-state index contributed by atoms with van der Waals surface area (Å²) in [4.78, 5) is 0. The van der Waals surface area contributed by atoms with E-state index in [1.165, 1.54) is 30.4 Å². The van der Waals surface area contributed by atoms with Crippen LogP contribution in [0.15, 0.2) is 73.3 Å². The molecule has 0 aliphatic carbocycles. The molecule has 0 aliphatic heterocycles. The molecule has 0 nitrogen and oxygen atoms in total. The van der Waals surface area contributed by atoms with E-state index in [1.807, 2.05) is 6.08 Å². The average Bonchev–Trinajstić information content (AvgIpc) is 2.71. The van der Waals surface area contributed by atoms with Gasteiger partial charge in [-0.25, -0.2) is 0 Å². The van der Waals surface area contributed by atoms with Gasteiger partial charge in [-0.05, 0) is 68.2 Å². The summed E-state index contributed by atoms with van der Waals surface area (Å²) in [5, 5.41) is 0. The van der Waals surface area contributed by atoms with Gasteiger partial charge in [-0.3, -0.25) is 0 Å². The van der Waals surface area contributed by atoms with E-state index in [2.05, 4.69) is 92.1 Å². The van der Waals surface area contributed by atoms with Crippen molar-refractivity contribution in [2.45, 2.75) is 51.9 Å². The third-order valence-corrected chi connectivity index (χ3v) is 4.66. The average molecular weight is 357 g/mol. The highest BCUT2D eigenvalue weighted by atomic mass is 14.0. The van der Waals surface area contributed by atoms with Crippen LogP contribution in [0.4, 0.5) is 0 Å². The number of allylic oxidation sites excluding steroid dienone is 2. The van der Waals surface area contributed by atoms with Gasteiger partial charge in [0, 0.05) is 11.5 Å². The molecule has 1 atom stereocenters. The quantitative estimate of drug-likeness (QED) is 0.235. The van der Waals surface area contributed by atoms with E-state index in [0.29, 0.717) is 5.92 Å². The van der Waals surface area contributed by atoms with Crippen molar-refractivity contribution in [1.29, 1.82) is 0 Å². The lowest BCUT2D eigenvalue weighted by Crippen LogP contribution is -1.93. The van der Waals surface area contributed by atoms with Crippen LogP contribution >= 0.6 is 0 Å². The predicted molar refractivity (Wildman–Crippen MR) is 120 cm³/mol. The summed E-state index contributed by atoms with van der Waals surface area (Å²) >= 11 is 0. The molecule has 0 aromatic heterocycles. The van der Waals surface area contributed by atoms with Crippen LogP contribution in [0, 0.1) is 17.8 Å². The molecule has 0 amide bonds. The molecule has 27 heavy (non-hydrogen) atoms. The van der Waals surface area contributed by atoms with Crippen LogP contribution in [-0.4, -0.2) is 0 Å². The fraction of sp³-hybridized carbons (Fsp3) is 0.333. The van der Waals surface area contributed by atoms with E-state index in [-0.39, 0.29) is 0 Å². The number of aryl methyl sites for hydroxylation is 1. The fourth-order valence-electron chi connectivity index (χ4n) is 2.98. The fourth-order valence-corrected chi connectivity index (χ4v) is 2.98. The summed E-state index contributed by atoms with van der Waals surface area (Å²) in [6.45, 7) is 5.98. The second-order valence-corrected chi connectivity index (χ2v) is 7.15. The Morgan fingerprint density at radius 3 is 2.41 bits per heavy atom. The van der Waals surface area contributed by atoms with Crippen LogP contribution < -0.4 is 0 Å². The van der Waals surface area contributed by atoms with Gasteiger partial charge in [-0.15, -0.1) is 6.58 Å². The summed E-state index contributed by atoms with van der Waals surface area (Å²) in [7, 11) is 0. The predicted octanol–water partition coefficient (Wildman–Crippen LogP) is 7.46.